The van der Waals surface area contributed by atoms with Crippen LogP contribution in [0, 0.1) is 6.92 Å². The summed E-state index contributed by atoms with van der Waals surface area (Å²) in [6.45, 7) is 2.19. The fourth-order valence-electron chi connectivity index (χ4n) is 3.19. The number of hydrogen-bond donors (Lipinski definition) is 0. The molecule has 0 unspecified atom stereocenters. The standard InChI is InChI=1S/C17H17N3O3S/c1-12-18-17(23-19-12)16-7-4-10-20(16)24(21,22)15-9-8-13-5-2-3-6-14(13)11-15/h2-3,5-6,8-9,11,16H,4,7,10H2,1H3/t16-/m0/s1. The SMILES string of the molecule is Cc1noc([C@@H]2CCCN2S(=O)(=O)c2ccc3ccccc3c2)n1. The zero-order valence-electron chi connectivity index (χ0n) is 13.2. The Balaban J connectivity index is 1.75. The van der Waals surface area contributed by atoms with E-state index in [4.69, 9.17) is 4.52 Å². The Morgan fingerprint density at radius 3 is 2.71 bits per heavy atom. The van der Waals surface area contributed by atoms with Gasteiger partial charge in [-0.1, -0.05) is 35.5 Å². The van der Waals surface area contributed by atoms with Crippen LogP contribution in [0.3, 0.4) is 0 Å². The van der Waals surface area contributed by atoms with Crippen molar-refractivity contribution in [3.8, 4) is 0 Å². The molecule has 2 heterocycles. The van der Waals surface area contributed by atoms with Crippen molar-refractivity contribution >= 4 is 20.8 Å². The van der Waals surface area contributed by atoms with Crippen LogP contribution in [-0.2, 0) is 10.0 Å². The van der Waals surface area contributed by atoms with Crippen molar-refractivity contribution in [2.75, 3.05) is 6.54 Å². The number of aryl methyl sites for hydroxylation is 1. The Hall–Kier alpha value is -2.25. The van der Waals surface area contributed by atoms with Crippen LogP contribution in [0.25, 0.3) is 10.8 Å². The molecule has 1 saturated heterocycles. The van der Waals surface area contributed by atoms with E-state index < -0.39 is 10.0 Å². The smallest absolute Gasteiger partial charge is 0.245 e. The molecule has 0 amide bonds. The summed E-state index contributed by atoms with van der Waals surface area (Å²) in [5.74, 6) is 0.884. The predicted molar refractivity (Wildman–Crippen MR) is 88.8 cm³/mol. The Kier molecular flexibility index (Phi) is 3.62. The van der Waals surface area contributed by atoms with Gasteiger partial charge in [-0.15, -0.1) is 0 Å². The molecular weight excluding hydrogens is 326 g/mol. The van der Waals surface area contributed by atoms with E-state index >= 15 is 0 Å². The number of benzene rings is 2. The zero-order chi connectivity index (χ0) is 16.7. The van der Waals surface area contributed by atoms with Gasteiger partial charge in [-0.2, -0.15) is 9.29 Å². The van der Waals surface area contributed by atoms with Gasteiger partial charge in [0.1, 0.15) is 6.04 Å². The van der Waals surface area contributed by atoms with Gasteiger partial charge in [0, 0.05) is 6.54 Å². The van der Waals surface area contributed by atoms with E-state index in [0.717, 1.165) is 17.2 Å². The maximum atomic E-state index is 13.1. The third-order valence-electron chi connectivity index (χ3n) is 4.36. The molecule has 0 spiro atoms. The molecule has 4 rings (SSSR count). The van der Waals surface area contributed by atoms with Crippen molar-refractivity contribution in [2.45, 2.75) is 30.7 Å². The summed E-state index contributed by atoms with van der Waals surface area (Å²) in [4.78, 5) is 4.51. The molecule has 0 aliphatic carbocycles. The van der Waals surface area contributed by atoms with Gasteiger partial charge in [-0.25, -0.2) is 8.42 Å². The Morgan fingerprint density at radius 1 is 1.17 bits per heavy atom. The Labute approximate surface area is 140 Å². The van der Waals surface area contributed by atoms with Crippen molar-refractivity contribution in [1.29, 1.82) is 0 Å². The molecule has 1 fully saturated rings. The maximum Gasteiger partial charge on any atom is 0.245 e. The van der Waals surface area contributed by atoms with Crippen LogP contribution >= 0.6 is 0 Å². The van der Waals surface area contributed by atoms with Crippen LogP contribution in [0.15, 0.2) is 51.9 Å². The highest BCUT2D eigenvalue weighted by Gasteiger charge is 2.39. The topological polar surface area (TPSA) is 76.3 Å². The van der Waals surface area contributed by atoms with Crippen molar-refractivity contribution in [1.82, 2.24) is 14.4 Å². The molecule has 1 atom stereocenters. The number of nitrogens with zero attached hydrogens (tertiary/aromatic N) is 3. The van der Waals surface area contributed by atoms with Crippen molar-refractivity contribution < 1.29 is 12.9 Å². The Morgan fingerprint density at radius 2 is 1.96 bits per heavy atom. The minimum Gasteiger partial charge on any atom is -0.338 e. The van der Waals surface area contributed by atoms with Gasteiger partial charge in [0.05, 0.1) is 4.90 Å². The van der Waals surface area contributed by atoms with Gasteiger partial charge in [-0.05, 0) is 42.7 Å². The average Bonchev–Trinajstić information content (AvgIpc) is 3.23. The molecule has 0 saturated carbocycles. The highest BCUT2D eigenvalue weighted by atomic mass is 32.2. The summed E-state index contributed by atoms with van der Waals surface area (Å²) in [5, 5.41) is 5.70. The van der Waals surface area contributed by atoms with E-state index in [1.165, 1.54) is 4.31 Å². The highest BCUT2D eigenvalue weighted by molar-refractivity contribution is 7.89. The van der Waals surface area contributed by atoms with Crippen LogP contribution in [0.5, 0.6) is 0 Å². The summed E-state index contributed by atoms with van der Waals surface area (Å²) in [5.41, 5.74) is 0. The summed E-state index contributed by atoms with van der Waals surface area (Å²) in [6.07, 6.45) is 1.47. The van der Waals surface area contributed by atoms with E-state index in [-0.39, 0.29) is 6.04 Å². The molecule has 1 aromatic heterocycles. The lowest BCUT2D eigenvalue weighted by molar-refractivity contribution is 0.289. The van der Waals surface area contributed by atoms with Gasteiger partial charge in [0.15, 0.2) is 5.82 Å². The fourth-order valence-corrected chi connectivity index (χ4v) is 4.87. The number of fused-ring (bicyclic) bond motifs is 1. The average molecular weight is 343 g/mol. The second kappa shape index (κ2) is 5.68. The summed E-state index contributed by atoms with van der Waals surface area (Å²) >= 11 is 0. The van der Waals surface area contributed by atoms with Gasteiger partial charge < -0.3 is 4.52 Å². The quantitative estimate of drug-likeness (QED) is 0.730. The van der Waals surface area contributed by atoms with Gasteiger partial charge in [-0.3, -0.25) is 0 Å². The third-order valence-corrected chi connectivity index (χ3v) is 6.26. The summed E-state index contributed by atoms with van der Waals surface area (Å²) in [6, 6.07) is 12.5. The maximum absolute atomic E-state index is 13.1. The molecule has 0 N–H and O–H groups in total. The van der Waals surface area contributed by atoms with Crippen LogP contribution in [0.4, 0.5) is 0 Å². The first-order chi connectivity index (χ1) is 11.6. The number of sulfonamides is 1. The van der Waals surface area contributed by atoms with E-state index in [9.17, 15) is 8.42 Å². The molecule has 0 radical (unpaired) electrons. The normalized spacial score (nSPS) is 19.1. The second-order valence-electron chi connectivity index (χ2n) is 5.96. The predicted octanol–water partition coefficient (Wildman–Crippen LogP) is 3.06. The van der Waals surface area contributed by atoms with Crippen LogP contribution in [-0.4, -0.2) is 29.4 Å². The zero-order valence-corrected chi connectivity index (χ0v) is 14.0. The van der Waals surface area contributed by atoms with E-state index in [2.05, 4.69) is 10.1 Å². The molecule has 3 aromatic rings. The lowest BCUT2D eigenvalue weighted by Gasteiger charge is -2.21. The molecule has 6 nitrogen and oxygen atoms in total. The van der Waals surface area contributed by atoms with Crippen LogP contribution in [0.2, 0.25) is 0 Å². The van der Waals surface area contributed by atoms with E-state index in [0.29, 0.717) is 29.6 Å². The van der Waals surface area contributed by atoms with Crippen molar-refractivity contribution in [2.24, 2.45) is 0 Å². The first-order valence-corrected chi connectivity index (χ1v) is 9.30. The lowest BCUT2D eigenvalue weighted by atomic mass is 10.1. The molecule has 0 bridgehead atoms. The molecule has 2 aromatic carbocycles. The number of aromatic nitrogens is 2. The highest BCUT2D eigenvalue weighted by Crippen LogP contribution is 2.36. The molecule has 1 aliphatic heterocycles. The van der Waals surface area contributed by atoms with Gasteiger partial charge in [0.2, 0.25) is 15.9 Å². The minimum absolute atomic E-state index is 0.296. The van der Waals surface area contributed by atoms with Gasteiger partial charge >= 0.3 is 0 Å². The molecule has 7 heteroatoms. The van der Waals surface area contributed by atoms with E-state index in [1.54, 1.807) is 19.1 Å². The third kappa shape index (κ3) is 2.50. The molecule has 1 aliphatic rings. The number of rotatable bonds is 3. The summed E-state index contributed by atoms with van der Waals surface area (Å²) in [7, 11) is -3.61. The first-order valence-electron chi connectivity index (χ1n) is 7.86. The Bertz CT molecular complexity index is 997. The van der Waals surface area contributed by atoms with Crippen LogP contribution < -0.4 is 0 Å². The summed E-state index contributed by atoms with van der Waals surface area (Å²) < 4.78 is 32.9. The van der Waals surface area contributed by atoms with Gasteiger partial charge in [0.25, 0.3) is 0 Å². The van der Waals surface area contributed by atoms with Crippen LogP contribution in [0.1, 0.15) is 30.6 Å². The molecule has 24 heavy (non-hydrogen) atoms. The van der Waals surface area contributed by atoms with E-state index in [1.807, 2.05) is 30.3 Å². The fraction of sp³-hybridized carbons (Fsp3) is 0.294. The van der Waals surface area contributed by atoms with Crippen molar-refractivity contribution in [3.05, 3.63) is 54.2 Å². The largest absolute Gasteiger partial charge is 0.338 e. The monoisotopic (exact) mass is 343 g/mol. The minimum atomic E-state index is -3.61. The molecule has 124 valence electrons. The molecular formula is C17H17N3O3S. The first kappa shape index (κ1) is 15.3. The lowest BCUT2D eigenvalue weighted by Crippen LogP contribution is -2.30. The number of hydrogen-bond acceptors (Lipinski definition) is 5. The van der Waals surface area contributed by atoms with Crippen molar-refractivity contribution in [3.63, 3.8) is 0 Å². The second-order valence-corrected chi connectivity index (χ2v) is 7.85.